The summed E-state index contributed by atoms with van der Waals surface area (Å²) in [5, 5.41) is 29.4. The average molecular weight is 247 g/mol. The van der Waals surface area contributed by atoms with Crippen molar-refractivity contribution >= 4 is 5.82 Å². The fraction of sp³-hybridized carbons (Fsp3) is 0.625. The van der Waals surface area contributed by atoms with Crippen LogP contribution in [0.15, 0.2) is 12.5 Å². The summed E-state index contributed by atoms with van der Waals surface area (Å²) in [7, 11) is 0. The zero-order valence-electron chi connectivity index (χ0n) is 8.51. The predicted molar refractivity (Wildman–Crippen MR) is 50.8 cm³/mol. The Kier molecular flexibility index (Phi) is 3.05. The average Bonchev–Trinajstić information content (AvgIpc) is 2.87. The van der Waals surface area contributed by atoms with Crippen molar-refractivity contribution in [3.05, 3.63) is 22.6 Å². The van der Waals surface area contributed by atoms with Gasteiger partial charge in [0.2, 0.25) is 6.33 Å². The van der Waals surface area contributed by atoms with Crippen molar-refractivity contribution in [2.75, 3.05) is 6.67 Å². The number of alkyl halides is 1. The van der Waals surface area contributed by atoms with Crippen LogP contribution in [0.4, 0.5) is 10.2 Å². The molecule has 0 spiro atoms. The Morgan fingerprint density at radius 1 is 1.59 bits per heavy atom. The lowest BCUT2D eigenvalue weighted by Gasteiger charge is -2.14. The minimum absolute atomic E-state index is 0.418. The predicted octanol–water partition coefficient (Wildman–Crippen LogP) is -0.620. The first-order valence-electron chi connectivity index (χ1n) is 4.80. The Balaban J connectivity index is 2.19. The number of hydrogen-bond donors (Lipinski definition) is 2. The van der Waals surface area contributed by atoms with Gasteiger partial charge in [-0.25, -0.2) is 4.39 Å². The van der Waals surface area contributed by atoms with Gasteiger partial charge in [0.1, 0.15) is 31.2 Å². The van der Waals surface area contributed by atoms with E-state index in [4.69, 9.17) is 4.74 Å². The molecule has 2 rings (SSSR count). The monoisotopic (exact) mass is 247 g/mol. The summed E-state index contributed by atoms with van der Waals surface area (Å²) in [5.41, 5.74) is 0. The van der Waals surface area contributed by atoms with Crippen LogP contribution in [0.2, 0.25) is 0 Å². The van der Waals surface area contributed by atoms with Crippen molar-refractivity contribution in [1.82, 2.24) is 9.55 Å². The fourth-order valence-electron chi connectivity index (χ4n) is 1.66. The van der Waals surface area contributed by atoms with Crippen molar-refractivity contribution in [3.8, 4) is 0 Å². The normalized spacial score (nSPS) is 32.9. The molecule has 2 heterocycles. The number of hydrogen-bond acceptors (Lipinski definition) is 6. The highest BCUT2D eigenvalue weighted by atomic mass is 19.1. The highest BCUT2D eigenvalue weighted by Crippen LogP contribution is 2.30. The van der Waals surface area contributed by atoms with Gasteiger partial charge in [-0.2, -0.15) is 0 Å². The van der Waals surface area contributed by atoms with E-state index in [9.17, 15) is 24.7 Å². The van der Waals surface area contributed by atoms with Gasteiger partial charge in [0, 0.05) is 0 Å². The summed E-state index contributed by atoms with van der Waals surface area (Å²) in [5.74, 6) is -0.418. The minimum atomic E-state index is -1.37. The van der Waals surface area contributed by atoms with Crippen LogP contribution in [-0.4, -0.2) is 49.7 Å². The number of halogens is 1. The lowest BCUT2D eigenvalue weighted by Crippen LogP contribution is -2.32. The number of aliphatic hydroxyl groups excluding tert-OH is 2. The van der Waals surface area contributed by atoms with Crippen LogP contribution in [0.25, 0.3) is 0 Å². The fourth-order valence-corrected chi connectivity index (χ4v) is 1.66. The van der Waals surface area contributed by atoms with Crippen molar-refractivity contribution in [3.63, 3.8) is 0 Å². The number of nitro groups is 1. The first kappa shape index (κ1) is 11.9. The van der Waals surface area contributed by atoms with Crippen LogP contribution in [0.1, 0.15) is 6.23 Å². The molecule has 0 aliphatic carbocycles. The summed E-state index contributed by atoms with van der Waals surface area (Å²) in [6.45, 7) is -0.953. The van der Waals surface area contributed by atoms with E-state index < -0.39 is 42.0 Å². The summed E-state index contributed by atoms with van der Waals surface area (Å²) in [6.07, 6.45) is -2.82. The van der Waals surface area contributed by atoms with Crippen LogP contribution < -0.4 is 0 Å². The molecule has 1 aromatic heterocycles. The molecule has 2 N–H and O–H groups in total. The molecule has 0 saturated carbocycles. The van der Waals surface area contributed by atoms with E-state index in [1.807, 2.05) is 0 Å². The Labute approximate surface area is 94.4 Å². The first-order valence-corrected chi connectivity index (χ1v) is 4.80. The van der Waals surface area contributed by atoms with E-state index in [1.165, 1.54) is 0 Å². The zero-order valence-corrected chi connectivity index (χ0v) is 8.51. The molecular formula is C8H10FN3O5. The lowest BCUT2D eigenvalue weighted by atomic mass is 10.1. The third-order valence-electron chi connectivity index (χ3n) is 2.56. The highest BCUT2D eigenvalue weighted by molar-refractivity contribution is 5.13. The molecule has 0 amide bonds. The number of ether oxygens (including phenoxy) is 1. The maximum absolute atomic E-state index is 12.4. The summed E-state index contributed by atoms with van der Waals surface area (Å²) < 4.78 is 18.6. The van der Waals surface area contributed by atoms with Crippen LogP contribution >= 0.6 is 0 Å². The third kappa shape index (κ3) is 1.99. The molecule has 0 bridgehead atoms. The van der Waals surface area contributed by atoms with E-state index in [-0.39, 0.29) is 0 Å². The Hall–Kier alpha value is -1.58. The molecule has 17 heavy (non-hydrogen) atoms. The van der Waals surface area contributed by atoms with Crippen LogP contribution in [0, 0.1) is 10.1 Å². The quantitative estimate of drug-likeness (QED) is 0.544. The van der Waals surface area contributed by atoms with Crippen LogP contribution in [-0.2, 0) is 4.74 Å². The molecule has 4 unspecified atom stereocenters. The Morgan fingerprint density at radius 3 is 2.76 bits per heavy atom. The molecule has 4 atom stereocenters. The van der Waals surface area contributed by atoms with E-state index in [0.29, 0.717) is 0 Å². The topological polar surface area (TPSA) is 111 Å². The number of aliphatic hydroxyl groups is 2. The molecular weight excluding hydrogens is 237 g/mol. The van der Waals surface area contributed by atoms with Gasteiger partial charge >= 0.3 is 5.82 Å². The lowest BCUT2D eigenvalue weighted by molar-refractivity contribution is -0.389. The Morgan fingerprint density at radius 2 is 2.29 bits per heavy atom. The molecule has 1 aliphatic rings. The maximum atomic E-state index is 12.4. The highest BCUT2D eigenvalue weighted by Gasteiger charge is 2.44. The van der Waals surface area contributed by atoms with E-state index in [1.54, 1.807) is 0 Å². The molecule has 1 aliphatic heterocycles. The van der Waals surface area contributed by atoms with Crippen molar-refractivity contribution < 1.29 is 24.3 Å². The molecule has 1 fully saturated rings. The van der Waals surface area contributed by atoms with Gasteiger partial charge in [-0.1, -0.05) is 0 Å². The number of aromatic nitrogens is 2. The van der Waals surface area contributed by atoms with Gasteiger partial charge in [0.25, 0.3) is 0 Å². The van der Waals surface area contributed by atoms with Gasteiger partial charge in [-0.3, -0.25) is 4.57 Å². The third-order valence-corrected chi connectivity index (χ3v) is 2.56. The SMILES string of the molecule is O=[N+]([O-])c1cn(C2OC(CF)C(O)C2O)cn1. The molecule has 1 aromatic rings. The molecule has 0 radical (unpaired) electrons. The number of imidazole rings is 1. The van der Waals surface area contributed by atoms with Crippen molar-refractivity contribution in [2.24, 2.45) is 0 Å². The summed E-state index contributed by atoms with van der Waals surface area (Å²) >= 11 is 0. The van der Waals surface area contributed by atoms with E-state index >= 15 is 0 Å². The van der Waals surface area contributed by atoms with Gasteiger partial charge in [-0.15, -0.1) is 0 Å². The summed E-state index contributed by atoms with van der Waals surface area (Å²) in [6, 6.07) is 0. The molecule has 9 heteroatoms. The number of nitrogens with zero attached hydrogens (tertiary/aromatic N) is 3. The van der Waals surface area contributed by atoms with Crippen molar-refractivity contribution in [2.45, 2.75) is 24.5 Å². The largest absolute Gasteiger partial charge is 0.387 e. The van der Waals surface area contributed by atoms with Crippen LogP contribution in [0.3, 0.4) is 0 Å². The maximum Gasteiger partial charge on any atom is 0.381 e. The van der Waals surface area contributed by atoms with E-state index in [2.05, 4.69) is 4.98 Å². The van der Waals surface area contributed by atoms with Gasteiger partial charge in [0.05, 0.1) is 0 Å². The second kappa shape index (κ2) is 4.35. The molecule has 1 saturated heterocycles. The van der Waals surface area contributed by atoms with Crippen LogP contribution in [0.5, 0.6) is 0 Å². The second-order valence-electron chi connectivity index (χ2n) is 3.64. The first-order chi connectivity index (χ1) is 8.04. The van der Waals surface area contributed by atoms with Gasteiger partial charge in [-0.05, 0) is 9.91 Å². The minimum Gasteiger partial charge on any atom is -0.387 e. The summed E-state index contributed by atoms with van der Waals surface area (Å²) in [4.78, 5) is 13.2. The smallest absolute Gasteiger partial charge is 0.381 e. The molecule has 8 nitrogen and oxygen atoms in total. The molecule has 94 valence electrons. The van der Waals surface area contributed by atoms with Crippen molar-refractivity contribution in [1.29, 1.82) is 0 Å². The van der Waals surface area contributed by atoms with Gasteiger partial charge in [0.15, 0.2) is 6.23 Å². The van der Waals surface area contributed by atoms with E-state index in [0.717, 1.165) is 17.1 Å². The Bertz CT molecular complexity index is 425. The second-order valence-corrected chi connectivity index (χ2v) is 3.64. The van der Waals surface area contributed by atoms with Gasteiger partial charge < -0.3 is 25.1 Å². The zero-order chi connectivity index (χ0) is 12.6. The standard InChI is InChI=1S/C8H10FN3O5/c9-1-4-6(13)7(14)8(17-4)11-2-5(10-3-11)12(15)16/h2-4,6-8,13-14H,1H2. The molecule has 0 aromatic carbocycles. The number of rotatable bonds is 3.